The van der Waals surface area contributed by atoms with Crippen molar-refractivity contribution in [2.45, 2.75) is 11.8 Å². The van der Waals surface area contributed by atoms with Crippen LogP contribution >= 0.6 is 15.9 Å². The van der Waals surface area contributed by atoms with Crippen LogP contribution in [0.15, 0.2) is 60.7 Å². The number of halogens is 1. The van der Waals surface area contributed by atoms with E-state index in [-0.39, 0.29) is 4.83 Å². The molecule has 3 rings (SSSR count). The average Bonchev–Trinajstić information content (AvgIpc) is 2.55. The van der Waals surface area contributed by atoms with E-state index in [0.29, 0.717) is 0 Å². The molecule has 0 N–H and O–H groups in total. The van der Waals surface area contributed by atoms with E-state index in [2.05, 4.69) is 71.4 Å². The molecule has 3 aromatic rings. The summed E-state index contributed by atoms with van der Waals surface area (Å²) in [4.78, 5) is 0.175. The third-order valence-corrected chi connectivity index (χ3v) is 4.88. The van der Waals surface area contributed by atoms with Crippen molar-refractivity contribution in [3.63, 3.8) is 0 Å². The molecule has 0 spiro atoms. The summed E-state index contributed by atoms with van der Waals surface area (Å²) >= 11 is 3.85. The number of hydrogen-bond donors (Lipinski definition) is 0. The van der Waals surface area contributed by atoms with Gasteiger partial charge in [-0.3, -0.25) is 0 Å². The van der Waals surface area contributed by atoms with Crippen LogP contribution in [0.5, 0.6) is 5.75 Å². The lowest BCUT2D eigenvalue weighted by molar-refractivity contribution is 0.414. The molecule has 0 aliphatic heterocycles. The highest BCUT2D eigenvalue weighted by Crippen LogP contribution is 2.36. The van der Waals surface area contributed by atoms with Gasteiger partial charge in [0, 0.05) is 0 Å². The summed E-state index contributed by atoms with van der Waals surface area (Å²) in [5, 5.41) is 2.61. The standard InChI is InChI=1S/C19H17BrO/c1-13-7-12-18(17-6-4-3-5-16(13)17)19(20)14-8-10-15(21-2)11-9-14/h3-12,19H,1-2H3. The van der Waals surface area contributed by atoms with Crippen LogP contribution in [0.1, 0.15) is 21.5 Å². The molecule has 0 bridgehead atoms. The second-order valence-corrected chi connectivity index (χ2v) is 6.07. The van der Waals surface area contributed by atoms with Gasteiger partial charge in [0.25, 0.3) is 0 Å². The van der Waals surface area contributed by atoms with Gasteiger partial charge < -0.3 is 4.74 Å². The summed E-state index contributed by atoms with van der Waals surface area (Å²) in [5.74, 6) is 0.882. The van der Waals surface area contributed by atoms with Crippen LogP contribution in [0.4, 0.5) is 0 Å². The van der Waals surface area contributed by atoms with E-state index >= 15 is 0 Å². The number of fused-ring (bicyclic) bond motifs is 1. The van der Waals surface area contributed by atoms with E-state index in [1.807, 2.05) is 12.1 Å². The first-order chi connectivity index (χ1) is 10.2. The predicted octanol–water partition coefficient (Wildman–Crippen LogP) is 5.64. The molecule has 2 heteroatoms. The molecule has 3 aromatic carbocycles. The molecule has 0 heterocycles. The Hall–Kier alpha value is -1.80. The lowest BCUT2D eigenvalue weighted by Gasteiger charge is -2.15. The molecular weight excluding hydrogens is 324 g/mol. The molecule has 0 aliphatic rings. The van der Waals surface area contributed by atoms with Gasteiger partial charge in [-0.1, -0.05) is 64.5 Å². The number of rotatable bonds is 3. The third-order valence-electron chi connectivity index (χ3n) is 3.86. The van der Waals surface area contributed by atoms with Crippen molar-refractivity contribution >= 4 is 26.7 Å². The Bertz CT molecular complexity index is 762. The zero-order chi connectivity index (χ0) is 14.8. The van der Waals surface area contributed by atoms with Gasteiger partial charge in [-0.15, -0.1) is 0 Å². The van der Waals surface area contributed by atoms with Crippen molar-refractivity contribution in [1.29, 1.82) is 0 Å². The summed E-state index contributed by atoms with van der Waals surface area (Å²) in [7, 11) is 1.69. The Morgan fingerprint density at radius 3 is 2.19 bits per heavy atom. The summed E-state index contributed by atoms with van der Waals surface area (Å²) < 4.78 is 5.23. The minimum Gasteiger partial charge on any atom is -0.497 e. The fraction of sp³-hybridized carbons (Fsp3) is 0.158. The number of methoxy groups -OCH3 is 1. The Labute approximate surface area is 133 Å². The van der Waals surface area contributed by atoms with Crippen LogP contribution in [0, 0.1) is 6.92 Å². The third kappa shape index (κ3) is 2.68. The molecule has 0 saturated carbocycles. The van der Waals surface area contributed by atoms with Gasteiger partial charge >= 0.3 is 0 Å². The number of aryl methyl sites for hydroxylation is 1. The Kier molecular flexibility index (Phi) is 3.98. The summed E-state index contributed by atoms with van der Waals surface area (Å²) in [6.07, 6.45) is 0. The number of alkyl halides is 1. The van der Waals surface area contributed by atoms with Crippen LogP contribution in [-0.2, 0) is 0 Å². The molecular formula is C19H17BrO. The SMILES string of the molecule is COc1ccc(C(Br)c2ccc(C)c3ccccc23)cc1. The maximum absolute atomic E-state index is 5.23. The molecule has 1 atom stereocenters. The van der Waals surface area contributed by atoms with Gasteiger partial charge in [0.1, 0.15) is 5.75 Å². The minimum atomic E-state index is 0.175. The molecule has 0 amide bonds. The molecule has 0 aliphatic carbocycles. The van der Waals surface area contributed by atoms with Crippen molar-refractivity contribution < 1.29 is 4.74 Å². The smallest absolute Gasteiger partial charge is 0.118 e. The van der Waals surface area contributed by atoms with E-state index in [9.17, 15) is 0 Å². The van der Waals surface area contributed by atoms with Crippen molar-refractivity contribution in [2.75, 3.05) is 7.11 Å². The number of hydrogen-bond acceptors (Lipinski definition) is 1. The molecule has 0 radical (unpaired) electrons. The van der Waals surface area contributed by atoms with Gasteiger partial charge in [0.2, 0.25) is 0 Å². The van der Waals surface area contributed by atoms with E-state index in [4.69, 9.17) is 4.74 Å². The molecule has 1 unspecified atom stereocenters. The first-order valence-electron chi connectivity index (χ1n) is 6.97. The second kappa shape index (κ2) is 5.90. The predicted molar refractivity (Wildman–Crippen MR) is 92.4 cm³/mol. The topological polar surface area (TPSA) is 9.23 Å². The monoisotopic (exact) mass is 340 g/mol. The Morgan fingerprint density at radius 2 is 1.52 bits per heavy atom. The van der Waals surface area contributed by atoms with Crippen LogP contribution < -0.4 is 4.74 Å². The van der Waals surface area contributed by atoms with Gasteiger partial charge in [-0.05, 0) is 46.5 Å². The van der Waals surface area contributed by atoms with Crippen molar-refractivity contribution in [3.8, 4) is 5.75 Å². The van der Waals surface area contributed by atoms with Crippen molar-refractivity contribution in [2.24, 2.45) is 0 Å². The fourth-order valence-corrected chi connectivity index (χ4v) is 3.35. The second-order valence-electron chi connectivity index (χ2n) is 5.15. The van der Waals surface area contributed by atoms with E-state index in [1.165, 1.54) is 27.5 Å². The largest absolute Gasteiger partial charge is 0.497 e. The van der Waals surface area contributed by atoms with Gasteiger partial charge in [0.05, 0.1) is 11.9 Å². The zero-order valence-corrected chi connectivity index (χ0v) is 13.7. The summed E-state index contributed by atoms with van der Waals surface area (Å²) in [6, 6.07) is 21.2. The van der Waals surface area contributed by atoms with Gasteiger partial charge in [0.15, 0.2) is 0 Å². The minimum absolute atomic E-state index is 0.175. The lowest BCUT2D eigenvalue weighted by atomic mass is 9.96. The van der Waals surface area contributed by atoms with Gasteiger partial charge in [-0.2, -0.15) is 0 Å². The van der Waals surface area contributed by atoms with Crippen molar-refractivity contribution in [3.05, 3.63) is 77.4 Å². The van der Waals surface area contributed by atoms with E-state index in [0.717, 1.165) is 5.75 Å². The molecule has 106 valence electrons. The first kappa shape index (κ1) is 14.2. The van der Waals surface area contributed by atoms with E-state index in [1.54, 1.807) is 7.11 Å². The van der Waals surface area contributed by atoms with Crippen LogP contribution in [0.25, 0.3) is 10.8 Å². The maximum Gasteiger partial charge on any atom is 0.118 e. The summed E-state index contributed by atoms with van der Waals surface area (Å²) in [5.41, 5.74) is 3.83. The average molecular weight is 341 g/mol. The lowest BCUT2D eigenvalue weighted by Crippen LogP contribution is -1.95. The Morgan fingerprint density at radius 1 is 0.857 bits per heavy atom. The highest BCUT2D eigenvalue weighted by Gasteiger charge is 2.14. The van der Waals surface area contributed by atoms with Crippen LogP contribution in [0.3, 0.4) is 0 Å². The number of benzene rings is 3. The molecule has 0 fully saturated rings. The Balaban J connectivity index is 2.08. The molecule has 1 nitrogen and oxygen atoms in total. The fourth-order valence-electron chi connectivity index (χ4n) is 2.65. The highest BCUT2D eigenvalue weighted by atomic mass is 79.9. The van der Waals surface area contributed by atoms with Crippen molar-refractivity contribution in [1.82, 2.24) is 0 Å². The molecule has 0 saturated heterocycles. The molecule has 0 aromatic heterocycles. The normalized spacial score (nSPS) is 12.3. The van der Waals surface area contributed by atoms with Gasteiger partial charge in [-0.25, -0.2) is 0 Å². The number of ether oxygens (including phenoxy) is 1. The zero-order valence-electron chi connectivity index (χ0n) is 12.1. The molecule has 21 heavy (non-hydrogen) atoms. The first-order valence-corrected chi connectivity index (χ1v) is 7.88. The van der Waals surface area contributed by atoms with Crippen LogP contribution in [0.2, 0.25) is 0 Å². The van der Waals surface area contributed by atoms with E-state index < -0.39 is 0 Å². The summed E-state index contributed by atoms with van der Waals surface area (Å²) in [6.45, 7) is 2.16. The maximum atomic E-state index is 5.23. The quantitative estimate of drug-likeness (QED) is 0.560. The highest BCUT2D eigenvalue weighted by molar-refractivity contribution is 9.09. The van der Waals surface area contributed by atoms with Crippen LogP contribution in [-0.4, -0.2) is 7.11 Å².